The number of rotatable bonds is 9. The molecule has 2 heterocycles. The Kier molecular flexibility index (Phi) is 7.72. The van der Waals surface area contributed by atoms with E-state index in [1.165, 1.54) is 0 Å². The summed E-state index contributed by atoms with van der Waals surface area (Å²) >= 11 is 0. The molecule has 1 fully saturated rings. The van der Waals surface area contributed by atoms with Crippen molar-refractivity contribution in [2.24, 2.45) is 0 Å². The summed E-state index contributed by atoms with van der Waals surface area (Å²) in [5, 5.41) is 6.12. The van der Waals surface area contributed by atoms with Crippen molar-refractivity contribution in [2.45, 2.75) is 19.8 Å². The van der Waals surface area contributed by atoms with E-state index in [9.17, 15) is 9.18 Å². The van der Waals surface area contributed by atoms with Gasteiger partial charge in [-0.25, -0.2) is 9.37 Å². The lowest BCUT2D eigenvalue weighted by atomic mass is 10.1. The molecule has 8 nitrogen and oxygen atoms in total. The Labute approximate surface area is 215 Å². The largest absolute Gasteiger partial charge is 0.436 e. The minimum absolute atomic E-state index is 0.0292. The van der Waals surface area contributed by atoms with E-state index in [4.69, 9.17) is 9.47 Å². The topological polar surface area (TPSA) is 88.6 Å². The predicted molar refractivity (Wildman–Crippen MR) is 140 cm³/mol. The number of ether oxygens (including phenoxy) is 2. The third kappa shape index (κ3) is 6.49. The third-order valence-electron chi connectivity index (χ3n) is 6.34. The summed E-state index contributed by atoms with van der Waals surface area (Å²) in [6, 6.07) is 12.6. The van der Waals surface area contributed by atoms with Crippen LogP contribution < -0.4 is 15.4 Å². The van der Waals surface area contributed by atoms with Gasteiger partial charge in [-0.05, 0) is 42.7 Å². The zero-order chi connectivity index (χ0) is 25.6. The van der Waals surface area contributed by atoms with Gasteiger partial charge in [0.05, 0.1) is 19.6 Å². The van der Waals surface area contributed by atoms with Crippen molar-refractivity contribution in [3.05, 3.63) is 76.7 Å². The van der Waals surface area contributed by atoms with Crippen molar-refractivity contribution in [1.82, 2.24) is 20.2 Å². The quantitative estimate of drug-likeness (QED) is 0.455. The van der Waals surface area contributed by atoms with Gasteiger partial charge in [0.25, 0.3) is 0 Å². The normalized spacial score (nSPS) is 15.1. The van der Waals surface area contributed by atoms with Gasteiger partial charge in [-0.1, -0.05) is 29.8 Å². The van der Waals surface area contributed by atoms with Gasteiger partial charge in [0, 0.05) is 49.7 Å². The Balaban J connectivity index is 1.17. The molecule has 0 unspecified atom stereocenters. The Hall–Kier alpha value is -3.82. The highest BCUT2D eigenvalue weighted by Gasteiger charge is 2.18. The molecule has 2 aliphatic rings. The highest BCUT2D eigenvalue weighted by Crippen LogP contribution is 2.34. The van der Waals surface area contributed by atoms with E-state index in [2.05, 4.69) is 25.5 Å². The summed E-state index contributed by atoms with van der Waals surface area (Å²) in [7, 11) is 0. The molecular weight excluding hydrogens is 473 g/mol. The van der Waals surface area contributed by atoms with Crippen molar-refractivity contribution in [3.8, 4) is 11.6 Å². The maximum Gasteiger partial charge on any atom is 0.230 e. The van der Waals surface area contributed by atoms with Crippen molar-refractivity contribution in [2.75, 3.05) is 44.7 Å². The Morgan fingerprint density at radius 3 is 2.92 bits per heavy atom. The van der Waals surface area contributed by atoms with Crippen molar-refractivity contribution in [3.63, 3.8) is 0 Å². The average molecular weight is 504 g/mol. The van der Waals surface area contributed by atoms with Gasteiger partial charge < -0.3 is 20.1 Å². The molecule has 2 aromatic carbocycles. The number of anilines is 2. The number of halogens is 1. The molecule has 3 aromatic rings. The predicted octanol–water partition coefficient (Wildman–Crippen LogP) is 4.10. The molecule has 0 radical (unpaired) electrons. The summed E-state index contributed by atoms with van der Waals surface area (Å²) in [6.45, 7) is 6.70. The number of benzene rings is 2. The minimum atomic E-state index is -0.390. The second kappa shape index (κ2) is 11.5. The van der Waals surface area contributed by atoms with Crippen LogP contribution in [0.3, 0.4) is 0 Å². The highest BCUT2D eigenvalue weighted by atomic mass is 19.1. The first kappa shape index (κ1) is 24.9. The van der Waals surface area contributed by atoms with Crippen molar-refractivity contribution < 1.29 is 18.7 Å². The number of carbonyl (C=O) groups excluding carboxylic acids is 1. The molecule has 192 valence electrons. The fourth-order valence-corrected chi connectivity index (χ4v) is 4.49. The minimum Gasteiger partial charge on any atom is -0.436 e. The Morgan fingerprint density at radius 2 is 2.05 bits per heavy atom. The summed E-state index contributed by atoms with van der Waals surface area (Å²) in [5.41, 5.74) is 4.25. The monoisotopic (exact) mass is 503 g/mol. The number of morpholine rings is 1. The number of amides is 1. The third-order valence-corrected chi connectivity index (χ3v) is 6.34. The highest BCUT2D eigenvalue weighted by molar-refractivity contribution is 5.79. The van der Waals surface area contributed by atoms with Crippen LogP contribution in [-0.4, -0.2) is 60.2 Å². The first-order chi connectivity index (χ1) is 18.0. The molecule has 0 bridgehead atoms. The first-order valence-corrected chi connectivity index (χ1v) is 12.5. The number of carbonyl (C=O) groups is 1. The number of hydrogen-bond acceptors (Lipinski definition) is 7. The van der Waals surface area contributed by atoms with E-state index < -0.39 is 5.82 Å². The molecule has 0 spiro atoms. The second-order valence-electron chi connectivity index (χ2n) is 9.24. The molecule has 37 heavy (non-hydrogen) atoms. The molecule has 9 heteroatoms. The van der Waals surface area contributed by atoms with Crippen molar-refractivity contribution in [1.29, 1.82) is 0 Å². The molecule has 0 saturated carbocycles. The molecule has 2 N–H and O–H groups in total. The van der Waals surface area contributed by atoms with Crippen LogP contribution in [-0.2, 0) is 22.4 Å². The van der Waals surface area contributed by atoms with Gasteiger partial charge in [0.2, 0.25) is 17.7 Å². The average Bonchev–Trinajstić information content (AvgIpc) is 3.28. The van der Waals surface area contributed by atoms with E-state index in [0.717, 1.165) is 61.7 Å². The van der Waals surface area contributed by atoms with E-state index in [1.807, 2.05) is 43.3 Å². The standard InChI is InChI=1S/C28H30FN5O3/c1-19-15-21-5-6-24(27(29)23(21)16-19)37-26-7-8-31-28(33-26)32-22-4-2-3-20(17-22)18-25(35)30-9-10-34-11-13-36-14-12-34/h2-8,16-17H,9-15,18H2,1H3,(H,30,35)(H,31,32,33). The van der Waals surface area contributed by atoms with Crippen molar-refractivity contribution >= 4 is 23.6 Å². The lowest BCUT2D eigenvalue weighted by Crippen LogP contribution is -2.41. The first-order valence-electron chi connectivity index (χ1n) is 12.5. The zero-order valence-electron chi connectivity index (χ0n) is 20.8. The second-order valence-corrected chi connectivity index (χ2v) is 9.24. The maximum atomic E-state index is 14.9. The Morgan fingerprint density at radius 1 is 1.19 bits per heavy atom. The number of nitrogens with zero attached hydrogens (tertiary/aromatic N) is 3. The van der Waals surface area contributed by atoms with E-state index in [-0.39, 0.29) is 24.0 Å². The lowest BCUT2D eigenvalue weighted by Gasteiger charge is -2.26. The molecule has 1 saturated heterocycles. The van der Waals surface area contributed by atoms with Crippen LogP contribution in [0.5, 0.6) is 11.6 Å². The van der Waals surface area contributed by atoms with E-state index in [0.29, 0.717) is 18.1 Å². The smallest absolute Gasteiger partial charge is 0.230 e. The van der Waals surface area contributed by atoms with Gasteiger partial charge in [0.1, 0.15) is 0 Å². The van der Waals surface area contributed by atoms with Gasteiger partial charge >= 0.3 is 0 Å². The van der Waals surface area contributed by atoms with Crippen LogP contribution in [0, 0.1) is 5.82 Å². The van der Waals surface area contributed by atoms with Crippen LogP contribution in [0.25, 0.3) is 6.08 Å². The number of aromatic nitrogens is 2. The van der Waals surface area contributed by atoms with Gasteiger partial charge in [-0.3, -0.25) is 9.69 Å². The molecule has 1 amide bonds. The molecule has 1 aromatic heterocycles. The molecule has 0 atom stereocenters. The number of allylic oxidation sites excluding steroid dienone is 1. The molecule has 5 rings (SSSR count). The summed E-state index contributed by atoms with van der Waals surface area (Å²) < 4.78 is 26.0. The summed E-state index contributed by atoms with van der Waals surface area (Å²) in [4.78, 5) is 23.3. The van der Waals surface area contributed by atoms with Crippen LogP contribution in [0.4, 0.5) is 16.0 Å². The summed E-state index contributed by atoms with van der Waals surface area (Å²) in [5.74, 6) is 0.237. The SMILES string of the molecule is CC1=Cc2c(ccc(Oc3ccnc(Nc4cccc(CC(=O)NCCN5CCOCC5)c4)n3)c2F)C1. The maximum absolute atomic E-state index is 14.9. The van der Waals surface area contributed by atoms with Gasteiger partial charge in [-0.2, -0.15) is 4.98 Å². The van der Waals surface area contributed by atoms with Crippen LogP contribution >= 0.6 is 0 Å². The number of hydrogen-bond donors (Lipinski definition) is 2. The van der Waals surface area contributed by atoms with E-state index in [1.54, 1.807) is 18.3 Å². The van der Waals surface area contributed by atoms with Crippen LogP contribution in [0.2, 0.25) is 0 Å². The van der Waals surface area contributed by atoms with Gasteiger partial charge in [0.15, 0.2) is 11.6 Å². The molecule has 1 aliphatic heterocycles. The number of nitrogens with one attached hydrogen (secondary N) is 2. The van der Waals surface area contributed by atoms with Crippen LogP contribution in [0.1, 0.15) is 23.6 Å². The fourth-order valence-electron chi connectivity index (χ4n) is 4.49. The lowest BCUT2D eigenvalue weighted by molar-refractivity contribution is -0.120. The Bertz CT molecular complexity index is 1310. The van der Waals surface area contributed by atoms with E-state index >= 15 is 0 Å². The van der Waals surface area contributed by atoms with Crippen LogP contribution in [0.15, 0.2) is 54.2 Å². The molecular formula is C28H30FN5O3. The summed E-state index contributed by atoms with van der Waals surface area (Å²) in [6.07, 6.45) is 4.42. The fraction of sp³-hybridized carbons (Fsp3) is 0.321. The molecule has 1 aliphatic carbocycles. The van der Waals surface area contributed by atoms with Gasteiger partial charge in [-0.15, -0.1) is 0 Å². The number of fused-ring (bicyclic) bond motifs is 1. The zero-order valence-corrected chi connectivity index (χ0v) is 20.8.